The minimum atomic E-state index is 0. The van der Waals surface area contributed by atoms with E-state index >= 15 is 0 Å². The molecule has 1 aliphatic rings. The molecule has 4 nitrogen and oxygen atoms in total. The van der Waals surface area contributed by atoms with Crippen molar-refractivity contribution in [2.24, 2.45) is 0 Å². The van der Waals surface area contributed by atoms with Gasteiger partial charge in [-0.1, -0.05) is 0 Å². The maximum Gasteiger partial charge on any atom is 0.248 e. The Morgan fingerprint density at radius 2 is 2.07 bits per heavy atom. The van der Waals surface area contributed by atoms with Gasteiger partial charge in [-0.2, -0.15) is 0 Å². The van der Waals surface area contributed by atoms with Gasteiger partial charge >= 0.3 is 0 Å². The highest BCUT2D eigenvalue weighted by Crippen LogP contribution is 2.09. The number of carbonyl (C=O) groups is 1. The van der Waals surface area contributed by atoms with Crippen molar-refractivity contribution in [3.05, 3.63) is 0 Å². The summed E-state index contributed by atoms with van der Waals surface area (Å²) in [6, 6.07) is 0.393. The van der Waals surface area contributed by atoms with E-state index in [0.29, 0.717) is 12.6 Å². The first kappa shape index (κ1) is 14.7. The van der Waals surface area contributed by atoms with Crippen LogP contribution in [-0.4, -0.2) is 50.2 Å². The molecule has 0 radical (unpaired) electrons. The van der Waals surface area contributed by atoms with E-state index in [1.807, 2.05) is 18.9 Å². The fourth-order valence-electron chi connectivity index (χ4n) is 1.69. The maximum atomic E-state index is 11.6. The minimum absolute atomic E-state index is 0. The van der Waals surface area contributed by atoms with Gasteiger partial charge in [0.05, 0.1) is 0 Å². The van der Waals surface area contributed by atoms with Crippen molar-refractivity contribution in [2.45, 2.75) is 25.8 Å². The maximum absolute atomic E-state index is 11.6. The number of likely N-dealkylation sites (N-methyl/N-ethyl adjacent to an activating group) is 1. The summed E-state index contributed by atoms with van der Waals surface area (Å²) < 4.78 is 5.10. The smallest absolute Gasteiger partial charge is 0.248 e. The van der Waals surface area contributed by atoms with Gasteiger partial charge in [0, 0.05) is 19.7 Å². The second-order valence-electron chi connectivity index (χ2n) is 3.62. The molecule has 0 saturated carbocycles. The van der Waals surface area contributed by atoms with Crippen molar-refractivity contribution in [2.75, 3.05) is 33.4 Å². The first-order chi connectivity index (χ1) is 6.75. The van der Waals surface area contributed by atoms with Crippen molar-refractivity contribution >= 4 is 18.3 Å². The van der Waals surface area contributed by atoms with Gasteiger partial charge in [-0.25, -0.2) is 0 Å². The number of nitrogens with one attached hydrogen (secondary N) is 1. The van der Waals surface area contributed by atoms with E-state index in [0.717, 1.165) is 25.9 Å². The van der Waals surface area contributed by atoms with Gasteiger partial charge < -0.3 is 15.0 Å². The highest BCUT2D eigenvalue weighted by molar-refractivity contribution is 5.85. The Morgan fingerprint density at radius 3 is 2.60 bits per heavy atom. The highest BCUT2D eigenvalue weighted by Gasteiger charge is 2.21. The normalized spacial score (nSPS) is 16.9. The summed E-state index contributed by atoms with van der Waals surface area (Å²) in [6.07, 6.45) is 2.10. The van der Waals surface area contributed by atoms with Crippen molar-refractivity contribution in [1.82, 2.24) is 10.2 Å². The number of ether oxygens (including phenoxy) is 1. The van der Waals surface area contributed by atoms with Crippen LogP contribution in [0.1, 0.15) is 19.8 Å². The molecule has 1 N–H and O–H groups in total. The summed E-state index contributed by atoms with van der Waals surface area (Å²) in [5, 5.41) is 3.28. The quantitative estimate of drug-likeness (QED) is 0.780. The lowest BCUT2D eigenvalue weighted by atomic mass is 10.1. The highest BCUT2D eigenvalue weighted by atomic mass is 35.5. The van der Waals surface area contributed by atoms with Crippen LogP contribution in [0.2, 0.25) is 0 Å². The lowest BCUT2D eigenvalue weighted by Gasteiger charge is -2.31. The predicted molar refractivity (Wildman–Crippen MR) is 62.4 cm³/mol. The number of rotatable bonds is 4. The van der Waals surface area contributed by atoms with E-state index in [4.69, 9.17) is 4.74 Å². The first-order valence-corrected chi connectivity index (χ1v) is 5.29. The number of hydrogen-bond donors (Lipinski definition) is 1. The molecule has 5 heteroatoms. The Bertz CT molecular complexity index is 184. The summed E-state index contributed by atoms with van der Waals surface area (Å²) in [5.41, 5.74) is 0. The van der Waals surface area contributed by atoms with Crippen molar-refractivity contribution in [1.29, 1.82) is 0 Å². The molecule has 1 aliphatic heterocycles. The van der Waals surface area contributed by atoms with Crippen LogP contribution in [0.3, 0.4) is 0 Å². The van der Waals surface area contributed by atoms with Gasteiger partial charge in [0.25, 0.3) is 0 Å². The van der Waals surface area contributed by atoms with E-state index < -0.39 is 0 Å². The van der Waals surface area contributed by atoms with Crippen molar-refractivity contribution in [3.8, 4) is 0 Å². The number of carbonyl (C=O) groups excluding carboxylic acids is 1. The summed E-state index contributed by atoms with van der Waals surface area (Å²) in [6.45, 7) is 4.74. The largest absolute Gasteiger partial charge is 0.372 e. The fraction of sp³-hybridized carbons (Fsp3) is 0.900. The Hall–Kier alpha value is -0.320. The molecule has 1 amide bonds. The van der Waals surface area contributed by atoms with Gasteiger partial charge in [-0.05, 0) is 32.9 Å². The summed E-state index contributed by atoms with van der Waals surface area (Å²) in [5.74, 6) is 0.0961. The average molecular weight is 237 g/mol. The molecule has 0 aromatic carbocycles. The standard InChI is InChI=1S/C10H20N2O2.ClH/c1-3-14-8-10(13)12(2)9-4-6-11-7-5-9;/h9,11H,3-8H2,1-2H3;1H. The number of hydrogen-bond acceptors (Lipinski definition) is 3. The van der Waals surface area contributed by atoms with Gasteiger partial charge in [0.2, 0.25) is 5.91 Å². The Labute approximate surface area is 97.8 Å². The van der Waals surface area contributed by atoms with Crippen LogP contribution in [0.15, 0.2) is 0 Å². The van der Waals surface area contributed by atoms with E-state index in [-0.39, 0.29) is 24.9 Å². The monoisotopic (exact) mass is 236 g/mol. The van der Waals surface area contributed by atoms with E-state index in [2.05, 4.69) is 5.32 Å². The minimum Gasteiger partial charge on any atom is -0.372 e. The molecule has 0 aromatic heterocycles. The van der Waals surface area contributed by atoms with Crippen LogP contribution in [0, 0.1) is 0 Å². The summed E-state index contributed by atoms with van der Waals surface area (Å²) in [4.78, 5) is 13.4. The molecular formula is C10H21ClN2O2. The van der Waals surface area contributed by atoms with Crippen LogP contribution in [-0.2, 0) is 9.53 Å². The van der Waals surface area contributed by atoms with E-state index in [9.17, 15) is 4.79 Å². The average Bonchev–Trinajstić information content (AvgIpc) is 2.26. The lowest BCUT2D eigenvalue weighted by Crippen LogP contribution is -2.45. The van der Waals surface area contributed by atoms with Crippen LogP contribution < -0.4 is 5.32 Å². The number of amides is 1. The van der Waals surface area contributed by atoms with Crippen LogP contribution in [0.25, 0.3) is 0 Å². The molecule has 1 fully saturated rings. The molecule has 0 aromatic rings. The zero-order valence-electron chi connectivity index (χ0n) is 9.49. The molecule has 0 bridgehead atoms. The van der Waals surface area contributed by atoms with E-state index in [1.54, 1.807) is 0 Å². The number of piperidine rings is 1. The van der Waals surface area contributed by atoms with Crippen molar-refractivity contribution in [3.63, 3.8) is 0 Å². The Balaban J connectivity index is 0.00000196. The van der Waals surface area contributed by atoms with Crippen LogP contribution >= 0.6 is 12.4 Å². The van der Waals surface area contributed by atoms with Gasteiger partial charge in [0.15, 0.2) is 0 Å². The molecule has 1 saturated heterocycles. The second-order valence-corrected chi connectivity index (χ2v) is 3.62. The number of nitrogens with zero attached hydrogens (tertiary/aromatic N) is 1. The predicted octanol–water partition coefficient (Wildman–Crippen LogP) is 0.655. The third-order valence-electron chi connectivity index (χ3n) is 2.68. The molecule has 0 spiro atoms. The van der Waals surface area contributed by atoms with Gasteiger partial charge in [-0.3, -0.25) is 4.79 Å². The van der Waals surface area contributed by atoms with Gasteiger partial charge in [-0.15, -0.1) is 12.4 Å². The van der Waals surface area contributed by atoms with Crippen LogP contribution in [0.4, 0.5) is 0 Å². The molecule has 0 unspecified atom stereocenters. The molecule has 1 heterocycles. The zero-order chi connectivity index (χ0) is 10.4. The van der Waals surface area contributed by atoms with Crippen LogP contribution in [0.5, 0.6) is 0 Å². The molecule has 90 valence electrons. The molecular weight excluding hydrogens is 216 g/mol. The summed E-state index contributed by atoms with van der Waals surface area (Å²) >= 11 is 0. The SMILES string of the molecule is CCOCC(=O)N(C)C1CCNCC1.Cl. The fourth-order valence-corrected chi connectivity index (χ4v) is 1.69. The van der Waals surface area contributed by atoms with E-state index in [1.165, 1.54) is 0 Å². The Morgan fingerprint density at radius 1 is 1.47 bits per heavy atom. The lowest BCUT2D eigenvalue weighted by molar-refractivity contribution is -0.137. The third-order valence-corrected chi connectivity index (χ3v) is 2.68. The first-order valence-electron chi connectivity index (χ1n) is 5.29. The third kappa shape index (κ3) is 4.82. The summed E-state index contributed by atoms with van der Waals surface area (Å²) in [7, 11) is 1.87. The Kier molecular flexibility index (Phi) is 7.74. The molecule has 0 aliphatic carbocycles. The molecule has 1 rings (SSSR count). The zero-order valence-corrected chi connectivity index (χ0v) is 10.3. The topological polar surface area (TPSA) is 41.6 Å². The van der Waals surface area contributed by atoms with Crippen molar-refractivity contribution < 1.29 is 9.53 Å². The molecule has 15 heavy (non-hydrogen) atoms. The second kappa shape index (κ2) is 7.91. The molecule has 0 atom stereocenters. The number of halogens is 1. The van der Waals surface area contributed by atoms with Gasteiger partial charge in [0.1, 0.15) is 6.61 Å².